The summed E-state index contributed by atoms with van der Waals surface area (Å²) in [6.45, 7) is 4.17. The van der Waals surface area contributed by atoms with Gasteiger partial charge in [0.1, 0.15) is 11.4 Å². The predicted molar refractivity (Wildman–Crippen MR) is 81.6 cm³/mol. The molecule has 24 heavy (non-hydrogen) atoms. The van der Waals surface area contributed by atoms with Crippen LogP contribution in [0.15, 0.2) is 28.8 Å². The Morgan fingerprint density at radius 1 is 1.25 bits per heavy atom. The highest BCUT2D eigenvalue weighted by Gasteiger charge is 2.31. The van der Waals surface area contributed by atoms with Crippen molar-refractivity contribution in [2.45, 2.75) is 12.7 Å². The van der Waals surface area contributed by atoms with Crippen LogP contribution >= 0.6 is 0 Å². The van der Waals surface area contributed by atoms with Crippen LogP contribution in [0.4, 0.5) is 13.2 Å². The van der Waals surface area contributed by atoms with Crippen molar-refractivity contribution in [2.24, 2.45) is 0 Å². The van der Waals surface area contributed by atoms with Crippen LogP contribution in [0.25, 0.3) is 11.3 Å². The highest BCUT2D eigenvalue weighted by molar-refractivity contribution is 5.68. The molecule has 0 atom stereocenters. The lowest BCUT2D eigenvalue weighted by molar-refractivity contribution is -0.137. The van der Waals surface area contributed by atoms with Gasteiger partial charge in [-0.05, 0) is 18.2 Å². The quantitative estimate of drug-likeness (QED) is 0.927. The van der Waals surface area contributed by atoms with Gasteiger partial charge in [0, 0.05) is 37.8 Å². The van der Waals surface area contributed by atoms with E-state index in [9.17, 15) is 13.2 Å². The standard InChI is InChI=1S/C16H18F3N3O2/c1-23-15-3-2-11(16(17,18)19)8-13(15)14-9-12(24-21-14)10-22-6-4-20-5-7-22/h2-3,8-9,20H,4-7,10H2,1H3. The van der Waals surface area contributed by atoms with Crippen molar-refractivity contribution < 1.29 is 22.4 Å². The largest absolute Gasteiger partial charge is 0.496 e. The molecule has 0 aliphatic carbocycles. The van der Waals surface area contributed by atoms with Gasteiger partial charge in [0.15, 0.2) is 5.76 Å². The first-order chi connectivity index (χ1) is 11.5. The summed E-state index contributed by atoms with van der Waals surface area (Å²) in [5.41, 5.74) is -0.143. The molecule has 8 heteroatoms. The summed E-state index contributed by atoms with van der Waals surface area (Å²) in [5.74, 6) is 0.941. The summed E-state index contributed by atoms with van der Waals surface area (Å²) in [6.07, 6.45) is -4.42. The Balaban J connectivity index is 1.85. The van der Waals surface area contributed by atoms with E-state index in [0.717, 1.165) is 38.3 Å². The van der Waals surface area contributed by atoms with Crippen molar-refractivity contribution in [3.8, 4) is 17.0 Å². The summed E-state index contributed by atoms with van der Waals surface area (Å²) in [6, 6.07) is 4.98. The fourth-order valence-corrected chi connectivity index (χ4v) is 2.69. The van der Waals surface area contributed by atoms with Gasteiger partial charge in [-0.15, -0.1) is 0 Å². The predicted octanol–water partition coefficient (Wildman–Crippen LogP) is 2.77. The molecular formula is C16H18F3N3O2. The second kappa shape index (κ2) is 6.82. The number of aromatic nitrogens is 1. The summed E-state index contributed by atoms with van der Waals surface area (Å²) in [4.78, 5) is 2.20. The van der Waals surface area contributed by atoms with Crippen molar-refractivity contribution in [1.82, 2.24) is 15.4 Å². The first kappa shape index (κ1) is 16.8. The zero-order chi connectivity index (χ0) is 17.2. The van der Waals surface area contributed by atoms with Crippen LogP contribution in [-0.4, -0.2) is 43.3 Å². The molecule has 0 saturated carbocycles. The van der Waals surface area contributed by atoms with Crippen molar-refractivity contribution >= 4 is 0 Å². The second-order valence-corrected chi connectivity index (χ2v) is 5.62. The molecule has 0 spiro atoms. The van der Waals surface area contributed by atoms with Crippen molar-refractivity contribution in [2.75, 3.05) is 33.3 Å². The Hall–Kier alpha value is -2.06. The van der Waals surface area contributed by atoms with Gasteiger partial charge in [-0.1, -0.05) is 5.16 Å². The van der Waals surface area contributed by atoms with Gasteiger partial charge in [0.25, 0.3) is 0 Å². The van der Waals surface area contributed by atoms with E-state index in [1.807, 2.05) is 0 Å². The molecule has 0 radical (unpaired) electrons. The molecule has 5 nitrogen and oxygen atoms in total. The van der Waals surface area contributed by atoms with Crippen LogP contribution in [-0.2, 0) is 12.7 Å². The highest BCUT2D eigenvalue weighted by Crippen LogP contribution is 2.36. The number of hydrogen-bond donors (Lipinski definition) is 1. The van der Waals surface area contributed by atoms with Gasteiger partial charge in [-0.2, -0.15) is 13.2 Å². The molecule has 1 saturated heterocycles. The number of methoxy groups -OCH3 is 1. The van der Waals surface area contributed by atoms with Gasteiger partial charge in [-0.3, -0.25) is 4.90 Å². The minimum Gasteiger partial charge on any atom is -0.496 e. The smallest absolute Gasteiger partial charge is 0.416 e. The number of halogens is 3. The Morgan fingerprint density at radius 3 is 2.67 bits per heavy atom. The average molecular weight is 341 g/mol. The van der Waals surface area contributed by atoms with Gasteiger partial charge < -0.3 is 14.6 Å². The number of piperazine rings is 1. The van der Waals surface area contributed by atoms with E-state index >= 15 is 0 Å². The minimum atomic E-state index is -4.42. The molecule has 130 valence electrons. The van der Waals surface area contributed by atoms with E-state index in [1.165, 1.54) is 13.2 Å². The number of benzene rings is 1. The number of ether oxygens (including phenoxy) is 1. The van der Waals surface area contributed by atoms with Crippen LogP contribution in [0.1, 0.15) is 11.3 Å². The summed E-state index contributed by atoms with van der Waals surface area (Å²) < 4.78 is 49.3. The van der Waals surface area contributed by atoms with Crippen molar-refractivity contribution in [3.05, 3.63) is 35.6 Å². The molecule has 1 aliphatic heterocycles. The Kier molecular flexibility index (Phi) is 4.77. The normalized spacial score (nSPS) is 16.3. The van der Waals surface area contributed by atoms with Gasteiger partial charge in [-0.25, -0.2) is 0 Å². The van der Waals surface area contributed by atoms with Gasteiger partial charge >= 0.3 is 6.18 Å². The first-order valence-corrected chi connectivity index (χ1v) is 7.61. The number of hydrogen-bond acceptors (Lipinski definition) is 5. The van der Waals surface area contributed by atoms with Crippen LogP contribution in [0.5, 0.6) is 5.75 Å². The zero-order valence-corrected chi connectivity index (χ0v) is 13.2. The topological polar surface area (TPSA) is 50.5 Å². The molecule has 2 heterocycles. The van der Waals surface area contributed by atoms with E-state index in [2.05, 4.69) is 15.4 Å². The first-order valence-electron chi connectivity index (χ1n) is 7.61. The van der Waals surface area contributed by atoms with Crippen LogP contribution in [0, 0.1) is 0 Å². The second-order valence-electron chi connectivity index (χ2n) is 5.62. The molecule has 1 aliphatic rings. The monoisotopic (exact) mass is 341 g/mol. The third kappa shape index (κ3) is 3.70. The molecule has 1 N–H and O–H groups in total. The maximum absolute atomic E-state index is 12.9. The van der Waals surface area contributed by atoms with Crippen molar-refractivity contribution in [1.29, 1.82) is 0 Å². The maximum atomic E-state index is 12.9. The van der Waals surface area contributed by atoms with E-state index in [0.29, 0.717) is 23.7 Å². The maximum Gasteiger partial charge on any atom is 0.416 e. The fraction of sp³-hybridized carbons (Fsp3) is 0.438. The van der Waals surface area contributed by atoms with Crippen LogP contribution < -0.4 is 10.1 Å². The number of alkyl halides is 3. The number of nitrogens with one attached hydrogen (secondary N) is 1. The molecule has 0 amide bonds. The lowest BCUT2D eigenvalue weighted by Gasteiger charge is -2.25. The molecule has 0 bridgehead atoms. The Morgan fingerprint density at radius 2 is 2.00 bits per heavy atom. The van der Waals surface area contributed by atoms with E-state index in [-0.39, 0.29) is 5.56 Å². The molecule has 2 aromatic rings. The molecule has 1 aromatic carbocycles. The molecule has 1 aromatic heterocycles. The average Bonchev–Trinajstić information content (AvgIpc) is 3.02. The van der Waals surface area contributed by atoms with Gasteiger partial charge in [0.05, 0.1) is 19.2 Å². The van der Waals surface area contributed by atoms with E-state index in [4.69, 9.17) is 9.26 Å². The molecule has 1 fully saturated rings. The molecule has 3 rings (SSSR count). The summed E-state index contributed by atoms with van der Waals surface area (Å²) in [5, 5.41) is 7.18. The third-order valence-corrected chi connectivity index (χ3v) is 3.95. The van der Waals surface area contributed by atoms with Crippen molar-refractivity contribution in [3.63, 3.8) is 0 Å². The molecular weight excluding hydrogens is 323 g/mol. The lowest BCUT2D eigenvalue weighted by Crippen LogP contribution is -2.42. The van der Waals surface area contributed by atoms with E-state index < -0.39 is 11.7 Å². The van der Waals surface area contributed by atoms with E-state index in [1.54, 1.807) is 6.07 Å². The SMILES string of the molecule is COc1ccc(C(F)(F)F)cc1-c1cc(CN2CCNCC2)on1. The Bertz CT molecular complexity index is 694. The highest BCUT2D eigenvalue weighted by atomic mass is 19.4. The zero-order valence-electron chi connectivity index (χ0n) is 13.2. The Labute approximate surface area is 137 Å². The minimum absolute atomic E-state index is 0.266. The summed E-state index contributed by atoms with van der Waals surface area (Å²) >= 11 is 0. The van der Waals surface area contributed by atoms with Crippen LogP contribution in [0.3, 0.4) is 0 Å². The van der Waals surface area contributed by atoms with Crippen LogP contribution in [0.2, 0.25) is 0 Å². The van der Waals surface area contributed by atoms with Gasteiger partial charge in [0.2, 0.25) is 0 Å². The lowest BCUT2D eigenvalue weighted by atomic mass is 10.1. The molecule has 0 unspecified atom stereocenters. The summed E-state index contributed by atoms with van der Waals surface area (Å²) in [7, 11) is 1.41. The number of rotatable bonds is 4. The third-order valence-electron chi connectivity index (χ3n) is 3.95. The fourth-order valence-electron chi connectivity index (χ4n) is 2.69. The number of nitrogens with zero attached hydrogens (tertiary/aromatic N) is 2.